The lowest BCUT2D eigenvalue weighted by Crippen LogP contribution is -2.35. The van der Waals surface area contributed by atoms with E-state index >= 15 is 0 Å². The molecule has 0 spiro atoms. The number of hydrogen-bond donors (Lipinski definition) is 1. The third kappa shape index (κ3) is 4.28. The van der Waals surface area contributed by atoms with Crippen molar-refractivity contribution in [2.45, 2.75) is 25.8 Å². The first-order valence-electron chi connectivity index (χ1n) is 11.7. The first kappa shape index (κ1) is 23.8. The molecule has 5 rings (SSSR count). The number of imidazole rings is 1. The quantitative estimate of drug-likeness (QED) is 0.414. The highest BCUT2D eigenvalue weighted by molar-refractivity contribution is 6.31. The zero-order chi connectivity index (χ0) is 25.4. The predicted octanol–water partition coefficient (Wildman–Crippen LogP) is 4.96. The molecular formula is C27H23ClFN3O4. The zero-order valence-corrected chi connectivity index (χ0v) is 20.0. The lowest BCUT2D eigenvalue weighted by molar-refractivity contribution is 0.0689. The first-order chi connectivity index (χ1) is 17.3. The van der Waals surface area contributed by atoms with Crippen LogP contribution in [0.5, 0.6) is 0 Å². The van der Waals surface area contributed by atoms with E-state index in [0.29, 0.717) is 27.3 Å². The molecule has 4 aromatic rings. The largest absolute Gasteiger partial charge is 0.478 e. The number of nitrogens with zero attached hydrogens (tertiary/aromatic N) is 3. The molecule has 3 aromatic carbocycles. The van der Waals surface area contributed by atoms with Gasteiger partial charge in [0.15, 0.2) is 0 Å². The van der Waals surface area contributed by atoms with E-state index in [1.807, 2.05) is 4.90 Å². The minimum atomic E-state index is -1.38. The molecule has 9 heteroatoms. The number of carbonyl (C=O) groups excluding carboxylic acids is 1. The minimum Gasteiger partial charge on any atom is -0.478 e. The van der Waals surface area contributed by atoms with Gasteiger partial charge >= 0.3 is 11.7 Å². The van der Waals surface area contributed by atoms with E-state index < -0.39 is 23.0 Å². The van der Waals surface area contributed by atoms with Crippen LogP contribution in [-0.4, -0.2) is 44.1 Å². The van der Waals surface area contributed by atoms with Crippen LogP contribution < -0.4 is 5.69 Å². The average molecular weight is 508 g/mol. The molecule has 1 aliphatic rings. The van der Waals surface area contributed by atoms with Crippen LogP contribution in [0.25, 0.3) is 16.7 Å². The molecule has 2 heterocycles. The number of aromatic nitrogens is 2. The Labute approximate surface area is 210 Å². The smallest absolute Gasteiger partial charge is 0.338 e. The van der Waals surface area contributed by atoms with Crippen LogP contribution in [0.15, 0.2) is 65.5 Å². The summed E-state index contributed by atoms with van der Waals surface area (Å²) >= 11 is 6.23. The SMILES string of the molecule is O=C(O)c1cccc(Cn2c(=O)n(-c3ccc(C(=O)N4CCCCC4)cc3)c3cc(Cl)ccc32)c1F. The van der Waals surface area contributed by atoms with Crippen molar-refractivity contribution in [1.82, 2.24) is 14.0 Å². The van der Waals surface area contributed by atoms with Crippen molar-refractivity contribution in [2.75, 3.05) is 13.1 Å². The van der Waals surface area contributed by atoms with Crippen molar-refractivity contribution in [2.24, 2.45) is 0 Å². The number of benzene rings is 3. The molecule has 1 fully saturated rings. The van der Waals surface area contributed by atoms with E-state index in [0.717, 1.165) is 32.4 Å². The monoisotopic (exact) mass is 507 g/mol. The number of fused-ring (bicyclic) bond motifs is 1. The Bertz CT molecular complexity index is 1540. The van der Waals surface area contributed by atoms with Gasteiger partial charge in [-0.2, -0.15) is 0 Å². The highest BCUT2D eigenvalue weighted by atomic mass is 35.5. The molecular weight excluding hydrogens is 485 g/mol. The van der Waals surface area contributed by atoms with Gasteiger partial charge < -0.3 is 10.0 Å². The first-order valence-corrected chi connectivity index (χ1v) is 12.0. The van der Waals surface area contributed by atoms with Gasteiger partial charge in [0.05, 0.1) is 28.8 Å². The summed E-state index contributed by atoms with van der Waals surface area (Å²) in [6.07, 6.45) is 3.12. The molecule has 0 bridgehead atoms. The van der Waals surface area contributed by atoms with Gasteiger partial charge in [0.25, 0.3) is 5.91 Å². The molecule has 184 valence electrons. The highest BCUT2D eigenvalue weighted by Gasteiger charge is 2.21. The van der Waals surface area contributed by atoms with Crippen LogP contribution in [0.1, 0.15) is 45.5 Å². The second-order valence-electron chi connectivity index (χ2n) is 8.82. The Kier molecular flexibility index (Phi) is 6.36. The van der Waals surface area contributed by atoms with Crippen LogP contribution in [0.4, 0.5) is 4.39 Å². The number of hydrogen-bond acceptors (Lipinski definition) is 3. The fourth-order valence-corrected chi connectivity index (χ4v) is 4.87. The maximum atomic E-state index is 14.8. The molecule has 36 heavy (non-hydrogen) atoms. The van der Waals surface area contributed by atoms with E-state index in [1.54, 1.807) is 42.5 Å². The second-order valence-corrected chi connectivity index (χ2v) is 9.26. The molecule has 7 nitrogen and oxygen atoms in total. The number of likely N-dealkylation sites (tertiary alicyclic amines) is 1. The third-order valence-electron chi connectivity index (χ3n) is 6.54. The molecule has 1 N–H and O–H groups in total. The summed E-state index contributed by atoms with van der Waals surface area (Å²) in [7, 11) is 0. The number of halogens is 2. The van der Waals surface area contributed by atoms with Crippen LogP contribution in [0.2, 0.25) is 5.02 Å². The van der Waals surface area contributed by atoms with Gasteiger partial charge in [-0.25, -0.2) is 14.0 Å². The maximum absolute atomic E-state index is 14.8. The van der Waals surface area contributed by atoms with Crippen molar-refractivity contribution in [3.63, 3.8) is 0 Å². The molecule has 0 saturated carbocycles. The Morgan fingerprint density at radius 2 is 1.67 bits per heavy atom. The summed E-state index contributed by atoms with van der Waals surface area (Å²) < 4.78 is 17.7. The van der Waals surface area contributed by atoms with E-state index in [9.17, 15) is 23.9 Å². The highest BCUT2D eigenvalue weighted by Crippen LogP contribution is 2.24. The number of amides is 1. The molecule has 0 unspecified atom stereocenters. The molecule has 0 aliphatic carbocycles. The number of piperidine rings is 1. The Morgan fingerprint density at radius 3 is 2.36 bits per heavy atom. The summed E-state index contributed by atoms with van der Waals surface area (Å²) in [5.74, 6) is -2.30. The topological polar surface area (TPSA) is 84.5 Å². The number of carbonyl (C=O) groups is 2. The molecule has 1 aliphatic heterocycles. The summed E-state index contributed by atoms with van der Waals surface area (Å²) in [6.45, 7) is 1.32. The van der Waals surface area contributed by atoms with Crippen molar-refractivity contribution < 1.29 is 19.1 Å². The molecule has 0 atom stereocenters. The van der Waals surface area contributed by atoms with Crippen molar-refractivity contribution in [3.05, 3.63) is 98.7 Å². The molecule has 0 radical (unpaired) electrons. The maximum Gasteiger partial charge on any atom is 0.338 e. The van der Waals surface area contributed by atoms with Crippen LogP contribution in [0, 0.1) is 5.82 Å². The number of carboxylic acids is 1. The second kappa shape index (κ2) is 9.62. The van der Waals surface area contributed by atoms with Gasteiger partial charge in [0.1, 0.15) is 5.82 Å². The standard InChI is InChI=1S/C27H23ClFN3O4/c28-19-9-12-22-23(15-19)32(20-10-7-17(8-11-20)25(33)30-13-2-1-3-14-30)27(36)31(22)16-18-5-4-6-21(24(18)29)26(34)35/h4-12,15H,1-3,13-14,16H2,(H,34,35). The summed E-state index contributed by atoms with van der Waals surface area (Å²) in [5, 5.41) is 9.68. The van der Waals surface area contributed by atoms with Gasteiger partial charge in [-0.1, -0.05) is 23.7 Å². The van der Waals surface area contributed by atoms with Crippen LogP contribution in [0.3, 0.4) is 0 Å². The van der Waals surface area contributed by atoms with E-state index in [1.165, 1.54) is 27.3 Å². The summed E-state index contributed by atoms with van der Waals surface area (Å²) in [5.41, 5.74) is 1.27. The fraction of sp³-hybridized carbons (Fsp3) is 0.222. The van der Waals surface area contributed by atoms with Crippen molar-refractivity contribution >= 4 is 34.5 Å². The Hall–Kier alpha value is -3.91. The fourth-order valence-electron chi connectivity index (χ4n) is 4.70. The number of rotatable bonds is 5. The third-order valence-corrected chi connectivity index (χ3v) is 6.78. The average Bonchev–Trinajstić information content (AvgIpc) is 3.15. The van der Waals surface area contributed by atoms with Crippen LogP contribution >= 0.6 is 11.6 Å². The number of carboxylic acid groups (broad SMARTS) is 1. The normalized spacial score (nSPS) is 13.8. The van der Waals surface area contributed by atoms with Gasteiger partial charge in [-0.05, 0) is 67.8 Å². The lowest BCUT2D eigenvalue weighted by Gasteiger charge is -2.26. The van der Waals surface area contributed by atoms with E-state index in [-0.39, 0.29) is 18.0 Å². The minimum absolute atomic E-state index is 0.0344. The molecule has 1 amide bonds. The Morgan fingerprint density at radius 1 is 0.944 bits per heavy atom. The zero-order valence-electron chi connectivity index (χ0n) is 19.3. The summed E-state index contributed by atoms with van der Waals surface area (Å²) in [4.78, 5) is 39.6. The van der Waals surface area contributed by atoms with E-state index in [4.69, 9.17) is 11.6 Å². The van der Waals surface area contributed by atoms with Crippen LogP contribution in [-0.2, 0) is 6.54 Å². The van der Waals surface area contributed by atoms with E-state index in [2.05, 4.69) is 0 Å². The molecule has 1 saturated heterocycles. The predicted molar refractivity (Wildman–Crippen MR) is 135 cm³/mol. The Balaban J connectivity index is 1.56. The summed E-state index contributed by atoms with van der Waals surface area (Å²) in [6, 6.07) is 15.8. The van der Waals surface area contributed by atoms with Gasteiger partial charge in [-0.15, -0.1) is 0 Å². The van der Waals surface area contributed by atoms with Gasteiger partial charge in [0.2, 0.25) is 0 Å². The lowest BCUT2D eigenvalue weighted by atomic mass is 10.1. The molecule has 1 aromatic heterocycles. The number of aromatic carboxylic acids is 1. The van der Waals surface area contributed by atoms with Gasteiger partial charge in [0, 0.05) is 29.2 Å². The van der Waals surface area contributed by atoms with Crippen molar-refractivity contribution in [3.8, 4) is 5.69 Å². The van der Waals surface area contributed by atoms with Gasteiger partial charge in [-0.3, -0.25) is 13.9 Å². The van der Waals surface area contributed by atoms with Crippen molar-refractivity contribution in [1.29, 1.82) is 0 Å².